The van der Waals surface area contributed by atoms with E-state index in [4.69, 9.17) is 0 Å². The molecular formula is C80H68N2. The Morgan fingerprint density at radius 3 is 0.951 bits per heavy atom. The van der Waals surface area contributed by atoms with Gasteiger partial charge in [0.25, 0.3) is 0 Å². The predicted octanol–water partition coefficient (Wildman–Crippen LogP) is 23.2. The van der Waals surface area contributed by atoms with Gasteiger partial charge in [0, 0.05) is 34.1 Å². The number of benzene rings is 13. The fraction of sp³-hybridized carbons (Fsp3) is 0.125. The summed E-state index contributed by atoms with van der Waals surface area (Å²) in [6.45, 7) is 9.09. The van der Waals surface area contributed by atoms with Crippen molar-refractivity contribution < 1.29 is 0 Å². The number of fused-ring (bicyclic) bond motifs is 4. The Labute approximate surface area is 484 Å². The van der Waals surface area contributed by atoms with Crippen LogP contribution in [-0.4, -0.2) is 0 Å². The van der Waals surface area contributed by atoms with Gasteiger partial charge < -0.3 is 9.80 Å². The van der Waals surface area contributed by atoms with E-state index in [9.17, 15) is 0 Å². The molecule has 0 atom stereocenters. The van der Waals surface area contributed by atoms with Crippen molar-refractivity contribution in [3.63, 3.8) is 0 Å². The van der Waals surface area contributed by atoms with Crippen LogP contribution in [-0.2, 0) is 12.8 Å². The van der Waals surface area contributed by atoms with Crippen molar-refractivity contribution in [2.75, 3.05) is 9.80 Å². The molecule has 13 rings (SSSR count). The molecule has 0 spiro atoms. The van der Waals surface area contributed by atoms with Crippen molar-refractivity contribution in [2.45, 2.75) is 66.2 Å². The molecule has 0 N–H and O–H groups in total. The maximum Gasteiger partial charge on any atom is 0.0496 e. The molecule has 0 unspecified atom stereocenters. The molecular weight excluding hydrogens is 989 g/mol. The number of hydrogen-bond acceptors (Lipinski definition) is 2. The first kappa shape index (κ1) is 51.9. The zero-order valence-electron chi connectivity index (χ0n) is 47.5. The Balaban J connectivity index is 0.883. The van der Waals surface area contributed by atoms with Gasteiger partial charge in [0.2, 0.25) is 0 Å². The molecule has 0 fully saturated rings. The van der Waals surface area contributed by atoms with E-state index in [2.05, 4.69) is 304 Å². The highest BCUT2D eigenvalue weighted by atomic mass is 15.1. The third-order valence-corrected chi connectivity index (χ3v) is 17.0. The van der Waals surface area contributed by atoms with E-state index in [1.54, 1.807) is 0 Å². The minimum Gasteiger partial charge on any atom is -0.310 e. The quantitative estimate of drug-likeness (QED) is 0.0890. The van der Waals surface area contributed by atoms with E-state index in [-0.39, 0.29) is 0 Å². The third kappa shape index (κ3) is 9.58. The fourth-order valence-corrected chi connectivity index (χ4v) is 13.0. The highest BCUT2D eigenvalue weighted by Crippen LogP contribution is 2.48. The Hall–Kier alpha value is -9.50. The molecule has 0 aliphatic rings. The average molecular weight is 1060 g/mol. The van der Waals surface area contributed by atoms with E-state index >= 15 is 0 Å². The van der Waals surface area contributed by atoms with Crippen LogP contribution in [0.25, 0.3) is 87.6 Å². The van der Waals surface area contributed by atoms with E-state index < -0.39 is 0 Å². The second kappa shape index (κ2) is 22.9. The molecule has 0 aliphatic carbocycles. The Bertz CT molecular complexity index is 4290. The molecule has 0 heterocycles. The van der Waals surface area contributed by atoms with Crippen LogP contribution in [0.2, 0.25) is 0 Å². The number of nitrogens with zero attached hydrogens (tertiary/aromatic N) is 2. The average Bonchev–Trinajstić information content (AvgIpc) is 3.54. The lowest BCUT2D eigenvalue weighted by Crippen LogP contribution is -2.13. The van der Waals surface area contributed by atoms with Gasteiger partial charge in [-0.1, -0.05) is 233 Å². The highest BCUT2D eigenvalue weighted by molar-refractivity contribution is 6.23. The Morgan fingerprint density at radius 1 is 0.268 bits per heavy atom. The lowest BCUT2D eigenvalue weighted by molar-refractivity contribution is 0.791. The first-order valence-corrected chi connectivity index (χ1v) is 29.5. The monoisotopic (exact) mass is 1060 g/mol. The standard InChI is InChI=1S/C80H68N2/c1-5-7-26-57-27-24-41-75(56(57)4)81(62-28-11-9-12-29-62)64-51-47-60(48-52-64)79-71-37-19-15-33-67(71)77(68-34-16-20-38-72(68)79)58-43-45-59(46-44-58)78-69-35-17-21-39-73(69)80(74-40-22-18-36-70(74)78)61-49-53-65(54-50-61)82(63-30-13-10-14-31-63)76-42-23-25-55(3)66(76)32-8-6-2/h9-25,27-31,33-54H,5-8,26,32H2,1-4H3. The van der Waals surface area contributed by atoms with Gasteiger partial charge in [0.1, 0.15) is 0 Å². The topological polar surface area (TPSA) is 6.48 Å². The van der Waals surface area contributed by atoms with Crippen LogP contribution in [0.1, 0.15) is 61.8 Å². The molecule has 0 saturated carbocycles. The van der Waals surface area contributed by atoms with Crippen LogP contribution in [0.15, 0.2) is 267 Å². The smallest absolute Gasteiger partial charge is 0.0496 e. The van der Waals surface area contributed by atoms with Crippen LogP contribution >= 0.6 is 0 Å². The molecule has 0 radical (unpaired) electrons. The van der Waals surface area contributed by atoms with Crippen molar-refractivity contribution in [1.82, 2.24) is 0 Å². The van der Waals surface area contributed by atoms with Gasteiger partial charge in [0.05, 0.1) is 0 Å². The second-order valence-corrected chi connectivity index (χ2v) is 22.0. The van der Waals surface area contributed by atoms with Gasteiger partial charge in [0.15, 0.2) is 0 Å². The summed E-state index contributed by atoms with van der Waals surface area (Å²) in [5.41, 5.74) is 22.4. The second-order valence-electron chi connectivity index (χ2n) is 22.0. The molecule has 2 heteroatoms. The summed E-state index contributed by atoms with van der Waals surface area (Å²) in [4.78, 5) is 4.87. The van der Waals surface area contributed by atoms with Crippen LogP contribution in [0.3, 0.4) is 0 Å². The molecule has 13 aromatic rings. The van der Waals surface area contributed by atoms with Crippen LogP contribution in [0.5, 0.6) is 0 Å². The number of para-hydroxylation sites is 2. The largest absolute Gasteiger partial charge is 0.310 e. The van der Waals surface area contributed by atoms with Gasteiger partial charge in [-0.2, -0.15) is 0 Å². The molecule has 82 heavy (non-hydrogen) atoms. The van der Waals surface area contributed by atoms with Crippen molar-refractivity contribution >= 4 is 77.2 Å². The summed E-state index contributed by atoms with van der Waals surface area (Å²) in [5, 5.41) is 9.95. The van der Waals surface area contributed by atoms with Crippen molar-refractivity contribution in [3.05, 3.63) is 289 Å². The zero-order valence-corrected chi connectivity index (χ0v) is 47.5. The summed E-state index contributed by atoms with van der Waals surface area (Å²) in [7, 11) is 0. The van der Waals surface area contributed by atoms with Gasteiger partial charge in [-0.3, -0.25) is 0 Å². The third-order valence-electron chi connectivity index (χ3n) is 17.0. The van der Waals surface area contributed by atoms with E-state index in [0.717, 1.165) is 48.4 Å². The molecule has 0 aromatic heterocycles. The summed E-state index contributed by atoms with van der Waals surface area (Å²) in [6.07, 6.45) is 6.81. The van der Waals surface area contributed by atoms with E-state index in [1.165, 1.54) is 134 Å². The molecule has 0 saturated heterocycles. The highest BCUT2D eigenvalue weighted by Gasteiger charge is 2.23. The lowest BCUT2D eigenvalue weighted by atomic mass is 9.84. The van der Waals surface area contributed by atoms with Crippen LogP contribution < -0.4 is 9.80 Å². The maximum absolute atomic E-state index is 2.44. The fourth-order valence-electron chi connectivity index (χ4n) is 13.0. The SMILES string of the molecule is CCCCc1cccc(N(c2ccccc2)c2ccc(-c3c4ccccc4c(-c4ccc(-c5c6ccccc6c(-c6ccc(N(c7ccccc7)c7cccc(C)c7CCCC)cc6)c6ccccc56)cc4)c4ccccc34)cc2)c1C. The Morgan fingerprint density at radius 2 is 0.573 bits per heavy atom. The van der Waals surface area contributed by atoms with Gasteiger partial charge in [-0.25, -0.2) is 0 Å². The summed E-state index contributed by atoms with van der Waals surface area (Å²) < 4.78 is 0. The Kier molecular flexibility index (Phi) is 14.5. The minimum atomic E-state index is 1.05. The number of hydrogen-bond donors (Lipinski definition) is 0. The van der Waals surface area contributed by atoms with Crippen LogP contribution in [0, 0.1) is 13.8 Å². The number of anilines is 6. The summed E-state index contributed by atoms with van der Waals surface area (Å²) in [5.74, 6) is 0. The normalized spacial score (nSPS) is 11.5. The molecule has 13 aromatic carbocycles. The summed E-state index contributed by atoms with van der Waals surface area (Å²) in [6, 6.07) is 99.2. The van der Waals surface area contributed by atoms with E-state index in [0.29, 0.717) is 0 Å². The van der Waals surface area contributed by atoms with Crippen molar-refractivity contribution in [2.24, 2.45) is 0 Å². The van der Waals surface area contributed by atoms with E-state index in [1.807, 2.05) is 0 Å². The van der Waals surface area contributed by atoms with Gasteiger partial charge in [-0.05, 0) is 210 Å². The molecule has 0 amide bonds. The summed E-state index contributed by atoms with van der Waals surface area (Å²) >= 11 is 0. The molecule has 0 aliphatic heterocycles. The number of aryl methyl sites for hydroxylation is 2. The lowest BCUT2D eigenvalue weighted by Gasteiger charge is -2.29. The first-order valence-electron chi connectivity index (χ1n) is 29.5. The van der Waals surface area contributed by atoms with Gasteiger partial charge >= 0.3 is 0 Å². The maximum atomic E-state index is 2.44. The number of unbranched alkanes of at least 4 members (excludes halogenated alkanes) is 2. The van der Waals surface area contributed by atoms with Crippen molar-refractivity contribution in [3.8, 4) is 44.5 Å². The predicted molar refractivity (Wildman–Crippen MR) is 354 cm³/mol. The molecule has 0 bridgehead atoms. The molecule has 398 valence electrons. The van der Waals surface area contributed by atoms with Crippen molar-refractivity contribution in [1.29, 1.82) is 0 Å². The molecule has 2 nitrogen and oxygen atoms in total. The van der Waals surface area contributed by atoms with Crippen LogP contribution in [0.4, 0.5) is 34.1 Å². The minimum absolute atomic E-state index is 1.05. The number of rotatable bonds is 16. The van der Waals surface area contributed by atoms with Gasteiger partial charge in [-0.15, -0.1) is 0 Å². The first-order chi connectivity index (χ1) is 40.5. The zero-order chi connectivity index (χ0) is 55.5.